The Hall–Kier alpha value is -1.69. The number of likely N-dealkylation sites (tertiary alicyclic amines) is 1. The Kier molecular flexibility index (Phi) is 5.33. The normalized spacial score (nSPS) is 15.2. The number of piperidine rings is 1. The molecular formula is C18H25N3O2S. The van der Waals surface area contributed by atoms with Crippen LogP contribution in [0.5, 0.6) is 0 Å². The number of carbonyl (C=O) groups excluding carboxylic acids is 1. The molecule has 2 aromatic rings. The van der Waals surface area contributed by atoms with Gasteiger partial charge in [-0.3, -0.25) is 14.2 Å². The number of amides is 1. The molecule has 0 saturated carbocycles. The Labute approximate surface area is 146 Å². The lowest BCUT2D eigenvalue weighted by molar-refractivity contribution is 0.0728. The second-order valence-corrected chi connectivity index (χ2v) is 7.54. The third-order valence-electron chi connectivity index (χ3n) is 4.76. The zero-order valence-corrected chi connectivity index (χ0v) is 15.3. The molecule has 0 atom stereocenters. The minimum atomic E-state index is -0.0115. The molecular weight excluding hydrogens is 322 g/mol. The fraction of sp³-hybridized carbons (Fsp3) is 0.611. The van der Waals surface area contributed by atoms with Crippen molar-refractivity contribution in [1.82, 2.24) is 14.5 Å². The van der Waals surface area contributed by atoms with Crippen molar-refractivity contribution in [1.29, 1.82) is 0 Å². The van der Waals surface area contributed by atoms with Crippen LogP contribution in [0.4, 0.5) is 0 Å². The van der Waals surface area contributed by atoms with Crippen LogP contribution in [0, 0.1) is 6.92 Å². The van der Waals surface area contributed by atoms with Crippen LogP contribution >= 0.6 is 11.3 Å². The molecule has 0 aromatic carbocycles. The van der Waals surface area contributed by atoms with Gasteiger partial charge in [0.25, 0.3) is 11.5 Å². The van der Waals surface area contributed by atoms with Crippen molar-refractivity contribution in [2.45, 2.75) is 58.9 Å². The first-order valence-corrected chi connectivity index (χ1v) is 9.73. The van der Waals surface area contributed by atoms with E-state index in [0.29, 0.717) is 21.6 Å². The zero-order chi connectivity index (χ0) is 17.1. The first kappa shape index (κ1) is 17.1. The molecule has 2 aromatic heterocycles. The van der Waals surface area contributed by atoms with Crippen LogP contribution in [0.15, 0.2) is 11.1 Å². The van der Waals surface area contributed by atoms with Crippen molar-refractivity contribution in [2.24, 2.45) is 0 Å². The van der Waals surface area contributed by atoms with Crippen molar-refractivity contribution >= 4 is 27.5 Å². The van der Waals surface area contributed by atoms with Gasteiger partial charge in [0, 0.05) is 19.6 Å². The first-order valence-electron chi connectivity index (χ1n) is 8.91. The number of nitrogens with zero attached hydrogens (tertiary/aromatic N) is 3. The van der Waals surface area contributed by atoms with E-state index in [4.69, 9.17) is 0 Å². The van der Waals surface area contributed by atoms with Gasteiger partial charge in [-0.2, -0.15) is 0 Å². The van der Waals surface area contributed by atoms with Gasteiger partial charge in [-0.1, -0.05) is 19.8 Å². The third-order valence-corrected chi connectivity index (χ3v) is 5.95. The molecule has 1 aliphatic heterocycles. The SMILES string of the molecule is CCCCCn1cnc2sc(C(=O)N3CCCCC3)c(C)c2c1=O. The Morgan fingerprint density at radius 1 is 1.25 bits per heavy atom. The predicted molar refractivity (Wildman–Crippen MR) is 97.9 cm³/mol. The Morgan fingerprint density at radius 3 is 2.71 bits per heavy atom. The summed E-state index contributed by atoms with van der Waals surface area (Å²) in [6, 6.07) is 0. The minimum Gasteiger partial charge on any atom is -0.338 e. The molecule has 6 heteroatoms. The van der Waals surface area contributed by atoms with E-state index in [2.05, 4.69) is 11.9 Å². The molecule has 0 unspecified atom stereocenters. The van der Waals surface area contributed by atoms with E-state index in [-0.39, 0.29) is 11.5 Å². The number of fused-ring (bicyclic) bond motifs is 1. The average Bonchev–Trinajstić information content (AvgIpc) is 2.94. The molecule has 130 valence electrons. The third kappa shape index (κ3) is 3.24. The lowest BCUT2D eigenvalue weighted by atomic mass is 10.1. The second-order valence-electron chi connectivity index (χ2n) is 6.54. The number of unbranched alkanes of at least 4 members (excludes halogenated alkanes) is 2. The largest absolute Gasteiger partial charge is 0.338 e. The molecule has 5 nitrogen and oxygen atoms in total. The van der Waals surface area contributed by atoms with Gasteiger partial charge in [0.1, 0.15) is 4.83 Å². The summed E-state index contributed by atoms with van der Waals surface area (Å²) in [5.41, 5.74) is 0.787. The summed E-state index contributed by atoms with van der Waals surface area (Å²) in [4.78, 5) is 33.3. The number of hydrogen-bond donors (Lipinski definition) is 0. The summed E-state index contributed by atoms with van der Waals surface area (Å²) in [7, 11) is 0. The van der Waals surface area contributed by atoms with Gasteiger partial charge in [0.2, 0.25) is 0 Å². The Morgan fingerprint density at radius 2 is 2.00 bits per heavy atom. The fourth-order valence-corrected chi connectivity index (χ4v) is 4.40. The quantitative estimate of drug-likeness (QED) is 0.777. The van der Waals surface area contributed by atoms with Gasteiger partial charge < -0.3 is 4.90 Å². The summed E-state index contributed by atoms with van der Waals surface area (Å²) in [6.45, 7) is 6.36. The summed E-state index contributed by atoms with van der Waals surface area (Å²) in [6.07, 6.45) is 8.16. The van der Waals surface area contributed by atoms with Crippen molar-refractivity contribution in [2.75, 3.05) is 13.1 Å². The van der Waals surface area contributed by atoms with Crippen molar-refractivity contribution < 1.29 is 4.79 Å². The summed E-state index contributed by atoms with van der Waals surface area (Å²) >= 11 is 1.36. The highest BCUT2D eigenvalue weighted by Crippen LogP contribution is 2.28. The van der Waals surface area contributed by atoms with Gasteiger partial charge in [-0.25, -0.2) is 4.98 Å². The zero-order valence-electron chi connectivity index (χ0n) is 14.5. The first-order chi connectivity index (χ1) is 11.6. The molecule has 0 radical (unpaired) electrons. The van der Waals surface area contributed by atoms with Crippen molar-refractivity contribution in [3.05, 3.63) is 27.1 Å². The van der Waals surface area contributed by atoms with E-state index in [0.717, 1.165) is 50.8 Å². The number of carbonyl (C=O) groups is 1. The maximum absolute atomic E-state index is 12.8. The molecule has 24 heavy (non-hydrogen) atoms. The van der Waals surface area contributed by atoms with Gasteiger partial charge >= 0.3 is 0 Å². The molecule has 0 spiro atoms. The fourth-order valence-electron chi connectivity index (χ4n) is 3.30. The van der Waals surface area contributed by atoms with E-state index < -0.39 is 0 Å². The topological polar surface area (TPSA) is 55.2 Å². The molecule has 0 aliphatic carbocycles. The Bertz CT molecular complexity index is 787. The lowest BCUT2D eigenvalue weighted by Crippen LogP contribution is -2.35. The van der Waals surface area contributed by atoms with Crippen molar-refractivity contribution in [3.8, 4) is 0 Å². The van der Waals surface area contributed by atoms with E-state index in [1.54, 1.807) is 10.9 Å². The van der Waals surface area contributed by atoms with Crippen LogP contribution in [0.1, 0.15) is 60.7 Å². The number of aryl methyl sites for hydroxylation is 2. The van der Waals surface area contributed by atoms with Gasteiger partial charge in [0.15, 0.2) is 0 Å². The number of rotatable bonds is 5. The summed E-state index contributed by atoms with van der Waals surface area (Å²) in [5, 5.41) is 0.624. The predicted octanol–water partition coefficient (Wildman–Crippen LogP) is 3.58. The van der Waals surface area contributed by atoms with Crippen LogP contribution in [-0.4, -0.2) is 33.4 Å². The molecule has 1 aliphatic rings. The molecule has 0 bridgehead atoms. The highest BCUT2D eigenvalue weighted by Gasteiger charge is 2.24. The molecule has 1 fully saturated rings. The van der Waals surface area contributed by atoms with Crippen LogP contribution in [0.2, 0.25) is 0 Å². The highest BCUT2D eigenvalue weighted by molar-refractivity contribution is 7.20. The maximum atomic E-state index is 12.8. The number of thiophene rings is 1. The van der Waals surface area contributed by atoms with Crippen LogP contribution < -0.4 is 5.56 Å². The molecule has 0 N–H and O–H groups in total. The van der Waals surface area contributed by atoms with Crippen LogP contribution in [0.25, 0.3) is 10.2 Å². The minimum absolute atomic E-state index is 0.0115. The van der Waals surface area contributed by atoms with Crippen LogP contribution in [0.3, 0.4) is 0 Å². The lowest BCUT2D eigenvalue weighted by Gasteiger charge is -2.26. The van der Waals surface area contributed by atoms with E-state index in [9.17, 15) is 9.59 Å². The van der Waals surface area contributed by atoms with Gasteiger partial charge in [-0.15, -0.1) is 11.3 Å². The number of hydrogen-bond acceptors (Lipinski definition) is 4. The highest BCUT2D eigenvalue weighted by atomic mass is 32.1. The average molecular weight is 347 g/mol. The standard InChI is InChI=1S/C18H25N3O2S/c1-3-4-6-11-21-12-19-16-14(17(21)22)13(2)15(24-16)18(23)20-9-7-5-8-10-20/h12H,3-11H2,1-2H3. The van der Waals surface area contributed by atoms with Gasteiger partial charge in [0.05, 0.1) is 16.6 Å². The monoisotopic (exact) mass is 347 g/mol. The second kappa shape index (κ2) is 7.47. The molecule has 1 saturated heterocycles. The smallest absolute Gasteiger partial charge is 0.264 e. The molecule has 3 rings (SSSR count). The Balaban J connectivity index is 1.93. The van der Waals surface area contributed by atoms with E-state index >= 15 is 0 Å². The summed E-state index contributed by atoms with van der Waals surface area (Å²) in [5.74, 6) is 0.0622. The van der Waals surface area contributed by atoms with E-state index in [1.165, 1.54) is 17.8 Å². The van der Waals surface area contributed by atoms with Gasteiger partial charge in [-0.05, 0) is 38.2 Å². The molecule has 3 heterocycles. The van der Waals surface area contributed by atoms with Crippen molar-refractivity contribution in [3.63, 3.8) is 0 Å². The molecule has 1 amide bonds. The maximum Gasteiger partial charge on any atom is 0.264 e. The van der Waals surface area contributed by atoms with Crippen LogP contribution in [-0.2, 0) is 6.54 Å². The number of aromatic nitrogens is 2. The van der Waals surface area contributed by atoms with E-state index in [1.807, 2.05) is 11.8 Å². The summed E-state index contributed by atoms with van der Waals surface area (Å²) < 4.78 is 1.69.